The second-order valence-corrected chi connectivity index (χ2v) is 4.98. The summed E-state index contributed by atoms with van der Waals surface area (Å²) in [4.78, 5) is 28.9. The Morgan fingerprint density at radius 2 is 1.52 bits per heavy atom. The first-order chi connectivity index (χ1) is 11.3. The molecule has 0 spiro atoms. The monoisotopic (exact) mass is 300 g/mol. The van der Waals surface area contributed by atoms with Crippen molar-refractivity contribution in [1.82, 2.24) is 0 Å². The highest BCUT2D eigenvalue weighted by Gasteiger charge is 2.15. The Hall–Kier alpha value is -3.52. The second-order valence-electron chi connectivity index (χ2n) is 4.98. The predicted molar refractivity (Wildman–Crippen MR) is 86.8 cm³/mol. The Kier molecular flexibility index (Phi) is 2.88. The maximum Gasteiger partial charge on any atom is 0.240 e. The van der Waals surface area contributed by atoms with E-state index in [1.165, 1.54) is 0 Å². The van der Waals surface area contributed by atoms with E-state index in [-0.39, 0.29) is 0 Å². The van der Waals surface area contributed by atoms with Crippen molar-refractivity contribution < 1.29 is 14.0 Å². The maximum atomic E-state index is 10.7. The molecule has 3 aromatic carbocycles. The highest BCUT2D eigenvalue weighted by molar-refractivity contribution is 6.20. The molecule has 0 atom stereocenters. The quantitative estimate of drug-likeness (QED) is 0.399. The van der Waals surface area contributed by atoms with Gasteiger partial charge in [0.1, 0.15) is 11.2 Å². The summed E-state index contributed by atoms with van der Waals surface area (Å²) in [7, 11) is 0. The van der Waals surface area contributed by atoms with Gasteiger partial charge in [0.2, 0.25) is 12.2 Å². The number of isocyanates is 2. The van der Waals surface area contributed by atoms with Crippen LogP contribution in [0.15, 0.2) is 62.9 Å². The Labute approximate surface area is 129 Å². The van der Waals surface area contributed by atoms with Crippen LogP contribution < -0.4 is 0 Å². The van der Waals surface area contributed by atoms with E-state index in [2.05, 4.69) is 9.98 Å². The topological polar surface area (TPSA) is 72.0 Å². The van der Waals surface area contributed by atoms with Gasteiger partial charge in [-0.15, -0.1) is 0 Å². The fraction of sp³-hybridized carbons (Fsp3) is 0. The van der Waals surface area contributed by atoms with Crippen molar-refractivity contribution in [2.45, 2.75) is 0 Å². The molecule has 1 aromatic heterocycles. The average molecular weight is 300 g/mol. The van der Waals surface area contributed by atoms with Gasteiger partial charge in [0.25, 0.3) is 0 Å². The smallest absolute Gasteiger partial charge is 0.240 e. The molecular weight excluding hydrogens is 292 g/mol. The van der Waals surface area contributed by atoms with E-state index in [4.69, 9.17) is 4.42 Å². The Bertz CT molecular complexity index is 1180. The largest absolute Gasteiger partial charge is 0.455 e. The van der Waals surface area contributed by atoms with Crippen LogP contribution in [0.1, 0.15) is 0 Å². The van der Waals surface area contributed by atoms with Crippen molar-refractivity contribution in [3.05, 3.63) is 48.5 Å². The van der Waals surface area contributed by atoms with Gasteiger partial charge in [0.05, 0.1) is 16.8 Å². The molecule has 0 saturated heterocycles. The molecule has 4 aromatic rings. The third-order valence-corrected chi connectivity index (χ3v) is 3.79. The van der Waals surface area contributed by atoms with E-state index in [0.29, 0.717) is 27.9 Å². The molecule has 0 saturated carbocycles. The summed E-state index contributed by atoms with van der Waals surface area (Å²) >= 11 is 0. The molecule has 0 unspecified atom stereocenters. The fourth-order valence-electron chi connectivity index (χ4n) is 2.89. The molecule has 108 valence electrons. The van der Waals surface area contributed by atoms with Crippen LogP contribution in [0.3, 0.4) is 0 Å². The zero-order valence-electron chi connectivity index (χ0n) is 11.7. The molecule has 23 heavy (non-hydrogen) atoms. The molecule has 0 fully saturated rings. The van der Waals surface area contributed by atoms with Crippen LogP contribution in [0.5, 0.6) is 0 Å². The van der Waals surface area contributed by atoms with Crippen LogP contribution in [0.2, 0.25) is 0 Å². The Morgan fingerprint density at radius 1 is 0.783 bits per heavy atom. The van der Waals surface area contributed by atoms with E-state index >= 15 is 0 Å². The first kappa shape index (κ1) is 13.2. The third-order valence-electron chi connectivity index (χ3n) is 3.79. The number of furan rings is 1. The zero-order chi connectivity index (χ0) is 15.8. The van der Waals surface area contributed by atoms with Gasteiger partial charge in [-0.25, -0.2) is 9.59 Å². The fourth-order valence-corrected chi connectivity index (χ4v) is 2.89. The summed E-state index contributed by atoms with van der Waals surface area (Å²) in [5, 5.41) is 3.06. The predicted octanol–water partition coefficient (Wildman–Crippen LogP) is 4.67. The van der Waals surface area contributed by atoms with Crippen molar-refractivity contribution in [3.8, 4) is 0 Å². The van der Waals surface area contributed by atoms with Gasteiger partial charge >= 0.3 is 0 Å². The zero-order valence-corrected chi connectivity index (χ0v) is 11.7. The number of hydrogen-bond acceptors (Lipinski definition) is 5. The average Bonchev–Trinajstić information content (AvgIpc) is 2.95. The number of benzene rings is 3. The molecule has 0 bridgehead atoms. The maximum absolute atomic E-state index is 10.7. The van der Waals surface area contributed by atoms with E-state index < -0.39 is 0 Å². The van der Waals surface area contributed by atoms with Gasteiger partial charge in [-0.1, -0.05) is 30.3 Å². The highest BCUT2D eigenvalue weighted by Crippen LogP contribution is 2.41. The van der Waals surface area contributed by atoms with E-state index in [9.17, 15) is 9.59 Å². The molecule has 0 aliphatic carbocycles. The van der Waals surface area contributed by atoms with Crippen molar-refractivity contribution in [2.24, 2.45) is 9.98 Å². The Morgan fingerprint density at radius 3 is 2.30 bits per heavy atom. The summed E-state index contributed by atoms with van der Waals surface area (Å²) in [6.45, 7) is 0. The number of nitrogens with zero attached hydrogens (tertiary/aromatic N) is 2. The minimum Gasteiger partial charge on any atom is -0.455 e. The van der Waals surface area contributed by atoms with E-state index in [0.717, 1.165) is 16.2 Å². The first-order valence-electron chi connectivity index (χ1n) is 6.86. The lowest BCUT2D eigenvalue weighted by atomic mass is 10.0. The van der Waals surface area contributed by atoms with Gasteiger partial charge in [-0.3, -0.25) is 0 Å². The van der Waals surface area contributed by atoms with Gasteiger partial charge < -0.3 is 4.42 Å². The molecule has 5 heteroatoms. The minimum absolute atomic E-state index is 0.465. The molecule has 0 aliphatic heterocycles. The molecule has 0 amide bonds. The molecule has 5 nitrogen and oxygen atoms in total. The number of aliphatic imine (C=N–C) groups is 2. The second kappa shape index (κ2) is 5.04. The lowest BCUT2D eigenvalue weighted by Gasteiger charge is -2.02. The number of fused-ring (bicyclic) bond motifs is 5. The summed E-state index contributed by atoms with van der Waals surface area (Å²) in [5.41, 5.74) is 2.23. The van der Waals surface area contributed by atoms with Crippen molar-refractivity contribution in [2.75, 3.05) is 0 Å². The summed E-state index contributed by atoms with van der Waals surface area (Å²) in [5.74, 6) is 0. The van der Waals surface area contributed by atoms with E-state index in [1.54, 1.807) is 36.4 Å². The third kappa shape index (κ3) is 1.89. The lowest BCUT2D eigenvalue weighted by molar-refractivity contribution is 0.564. The molecule has 0 N–H and O–H groups in total. The van der Waals surface area contributed by atoms with Crippen LogP contribution in [-0.4, -0.2) is 12.2 Å². The Balaban J connectivity index is 2.31. The molecule has 0 radical (unpaired) electrons. The summed E-state index contributed by atoms with van der Waals surface area (Å²) in [6.07, 6.45) is 3.13. The standard InChI is InChI=1S/C18H8N2O3/c21-9-19-14-6-3-7-16-17(14)13-8-15(20-10-22)11-4-1-2-5-12(11)18(13)23-16/h1-8H. The minimum atomic E-state index is 0.465. The molecule has 4 rings (SSSR count). The van der Waals surface area contributed by atoms with Crippen molar-refractivity contribution >= 4 is 56.2 Å². The number of carbonyl (C=O) groups excluding carboxylic acids is 2. The van der Waals surface area contributed by atoms with Crippen LogP contribution in [0.4, 0.5) is 11.4 Å². The van der Waals surface area contributed by atoms with Crippen molar-refractivity contribution in [1.29, 1.82) is 0 Å². The van der Waals surface area contributed by atoms with E-state index in [1.807, 2.05) is 24.3 Å². The normalized spacial score (nSPS) is 10.6. The number of rotatable bonds is 2. The van der Waals surface area contributed by atoms with Crippen LogP contribution in [0, 0.1) is 0 Å². The molecule has 0 aliphatic rings. The van der Waals surface area contributed by atoms with Gasteiger partial charge in [0.15, 0.2) is 0 Å². The van der Waals surface area contributed by atoms with Crippen LogP contribution in [0.25, 0.3) is 32.7 Å². The SMILES string of the molecule is O=C=Nc1cc2c(oc3cccc(N=C=O)c32)c2ccccc12. The van der Waals surface area contributed by atoms with Crippen LogP contribution in [-0.2, 0) is 9.59 Å². The van der Waals surface area contributed by atoms with Crippen LogP contribution >= 0.6 is 0 Å². The lowest BCUT2D eigenvalue weighted by Crippen LogP contribution is -1.76. The van der Waals surface area contributed by atoms with Crippen molar-refractivity contribution in [3.63, 3.8) is 0 Å². The molecular formula is C18H8N2O3. The van der Waals surface area contributed by atoms with Gasteiger partial charge in [0, 0.05) is 16.2 Å². The molecule has 1 heterocycles. The summed E-state index contributed by atoms with van der Waals surface area (Å²) in [6, 6.07) is 14.5. The first-order valence-corrected chi connectivity index (χ1v) is 6.86. The highest BCUT2D eigenvalue weighted by atomic mass is 16.3. The summed E-state index contributed by atoms with van der Waals surface area (Å²) < 4.78 is 5.96. The number of hydrogen-bond donors (Lipinski definition) is 0. The van der Waals surface area contributed by atoms with Gasteiger partial charge in [-0.05, 0) is 18.2 Å². The van der Waals surface area contributed by atoms with Gasteiger partial charge in [-0.2, -0.15) is 9.98 Å².